The van der Waals surface area contributed by atoms with Crippen LogP contribution in [0.4, 0.5) is 0 Å². The number of carbonyl (C=O) groups is 1. The second-order valence-electron chi connectivity index (χ2n) is 5.75. The monoisotopic (exact) mass is 314 g/mol. The van der Waals surface area contributed by atoms with Gasteiger partial charge in [-0.25, -0.2) is 0 Å². The Bertz CT molecular complexity index is 441. The van der Waals surface area contributed by atoms with Gasteiger partial charge in [0, 0.05) is 17.8 Å². The van der Waals surface area contributed by atoms with E-state index in [4.69, 9.17) is 17.3 Å². The Labute approximate surface area is 129 Å². The molecular formula is C15H23ClN2OS. The third kappa shape index (κ3) is 4.47. The minimum Gasteiger partial charge on any atom is -0.356 e. The lowest BCUT2D eigenvalue weighted by molar-refractivity contribution is -0.123. The van der Waals surface area contributed by atoms with Gasteiger partial charge in [0.2, 0.25) is 5.91 Å². The van der Waals surface area contributed by atoms with E-state index in [1.807, 2.05) is 12.1 Å². The highest BCUT2D eigenvalue weighted by molar-refractivity contribution is 7.16. The second kappa shape index (κ2) is 7.43. The number of hydrogen-bond acceptors (Lipinski definition) is 3. The molecular weight excluding hydrogens is 292 g/mol. The van der Waals surface area contributed by atoms with Crippen molar-refractivity contribution in [2.24, 2.45) is 11.1 Å². The Balaban J connectivity index is 1.74. The highest BCUT2D eigenvalue weighted by Gasteiger charge is 2.32. The first kappa shape index (κ1) is 15.8. The number of nitrogens with one attached hydrogen (secondary N) is 1. The summed E-state index contributed by atoms with van der Waals surface area (Å²) in [6.07, 6.45) is 7.31. The van der Waals surface area contributed by atoms with Crippen LogP contribution in [0.2, 0.25) is 4.34 Å². The molecule has 0 bridgehead atoms. The van der Waals surface area contributed by atoms with E-state index < -0.39 is 0 Å². The molecule has 2 rings (SSSR count). The lowest BCUT2D eigenvalue weighted by Gasteiger charge is -2.35. The van der Waals surface area contributed by atoms with Crippen LogP contribution in [0.25, 0.3) is 0 Å². The molecule has 0 atom stereocenters. The van der Waals surface area contributed by atoms with Crippen LogP contribution in [-0.2, 0) is 11.2 Å². The molecule has 0 radical (unpaired) electrons. The molecule has 1 aromatic heterocycles. The molecule has 0 aromatic carbocycles. The molecule has 1 aliphatic rings. The second-order valence-corrected chi connectivity index (χ2v) is 7.55. The summed E-state index contributed by atoms with van der Waals surface area (Å²) < 4.78 is 0.801. The average Bonchev–Trinajstić information content (AvgIpc) is 2.85. The van der Waals surface area contributed by atoms with E-state index in [1.54, 1.807) is 11.3 Å². The molecule has 20 heavy (non-hydrogen) atoms. The SMILES string of the molecule is NCC1(CC(=O)NCCc2ccc(Cl)s2)CCCCC1. The molecule has 1 aliphatic carbocycles. The summed E-state index contributed by atoms with van der Waals surface area (Å²) in [5.74, 6) is 0.139. The standard InChI is InChI=1S/C15H23ClN2OS/c16-13-5-4-12(20-13)6-9-18-14(19)10-15(11-17)7-2-1-3-8-15/h4-5H,1-3,6-11,17H2,(H,18,19). The molecule has 0 unspecified atom stereocenters. The zero-order valence-corrected chi connectivity index (χ0v) is 13.4. The van der Waals surface area contributed by atoms with Crippen LogP contribution in [0.15, 0.2) is 12.1 Å². The smallest absolute Gasteiger partial charge is 0.220 e. The number of nitrogens with two attached hydrogens (primary N) is 1. The maximum Gasteiger partial charge on any atom is 0.220 e. The molecule has 1 amide bonds. The summed E-state index contributed by atoms with van der Waals surface area (Å²) in [4.78, 5) is 13.3. The van der Waals surface area contributed by atoms with Crippen LogP contribution >= 0.6 is 22.9 Å². The summed E-state index contributed by atoms with van der Waals surface area (Å²) in [5.41, 5.74) is 5.97. The van der Waals surface area contributed by atoms with Gasteiger partial charge in [-0.3, -0.25) is 4.79 Å². The van der Waals surface area contributed by atoms with Crippen LogP contribution in [-0.4, -0.2) is 19.0 Å². The number of halogens is 1. The van der Waals surface area contributed by atoms with Gasteiger partial charge >= 0.3 is 0 Å². The summed E-state index contributed by atoms with van der Waals surface area (Å²) >= 11 is 7.46. The topological polar surface area (TPSA) is 55.1 Å². The maximum atomic E-state index is 12.1. The van der Waals surface area contributed by atoms with Gasteiger partial charge in [-0.1, -0.05) is 30.9 Å². The molecule has 1 fully saturated rings. The van der Waals surface area contributed by atoms with Crippen molar-refractivity contribution in [1.29, 1.82) is 0 Å². The van der Waals surface area contributed by atoms with Crippen LogP contribution < -0.4 is 11.1 Å². The Morgan fingerprint density at radius 1 is 1.35 bits per heavy atom. The van der Waals surface area contributed by atoms with Gasteiger partial charge in [0.25, 0.3) is 0 Å². The normalized spacial score (nSPS) is 17.9. The summed E-state index contributed by atoms with van der Waals surface area (Å²) in [5, 5.41) is 3.02. The van der Waals surface area contributed by atoms with Crippen molar-refractivity contribution in [3.8, 4) is 0 Å². The molecule has 1 aromatic rings. The highest BCUT2D eigenvalue weighted by Crippen LogP contribution is 2.38. The van der Waals surface area contributed by atoms with Crippen LogP contribution in [0.3, 0.4) is 0 Å². The van der Waals surface area contributed by atoms with Gasteiger partial charge in [-0.05, 0) is 43.4 Å². The zero-order chi connectivity index (χ0) is 14.4. The third-order valence-corrected chi connectivity index (χ3v) is 5.50. The zero-order valence-electron chi connectivity index (χ0n) is 11.8. The van der Waals surface area contributed by atoms with E-state index in [9.17, 15) is 4.79 Å². The number of hydrogen-bond donors (Lipinski definition) is 2. The summed E-state index contributed by atoms with van der Waals surface area (Å²) in [6.45, 7) is 1.30. The Kier molecular flexibility index (Phi) is 5.87. The van der Waals surface area contributed by atoms with E-state index in [0.717, 1.165) is 23.6 Å². The summed E-state index contributed by atoms with van der Waals surface area (Å²) in [7, 11) is 0. The fraction of sp³-hybridized carbons (Fsp3) is 0.667. The molecule has 0 aliphatic heterocycles. The molecule has 0 saturated heterocycles. The lowest BCUT2D eigenvalue weighted by atomic mass is 9.71. The predicted octanol–water partition coefficient (Wildman–Crippen LogP) is 3.36. The van der Waals surface area contributed by atoms with E-state index in [2.05, 4.69) is 5.32 Å². The quantitative estimate of drug-likeness (QED) is 0.846. The van der Waals surface area contributed by atoms with E-state index >= 15 is 0 Å². The number of rotatable bonds is 6. The van der Waals surface area contributed by atoms with Crippen molar-refractivity contribution in [3.63, 3.8) is 0 Å². The average molecular weight is 315 g/mol. The van der Waals surface area contributed by atoms with Gasteiger partial charge in [0.15, 0.2) is 0 Å². The van der Waals surface area contributed by atoms with Crippen molar-refractivity contribution < 1.29 is 4.79 Å². The van der Waals surface area contributed by atoms with Crippen LogP contribution in [0.1, 0.15) is 43.4 Å². The Hall–Kier alpha value is -0.580. The van der Waals surface area contributed by atoms with E-state index in [1.165, 1.54) is 24.1 Å². The number of carbonyl (C=O) groups excluding carboxylic acids is 1. The third-order valence-electron chi connectivity index (χ3n) is 4.21. The summed E-state index contributed by atoms with van der Waals surface area (Å²) in [6, 6.07) is 3.91. The lowest BCUT2D eigenvalue weighted by Crippen LogP contribution is -2.39. The van der Waals surface area contributed by atoms with Crippen molar-refractivity contribution in [1.82, 2.24) is 5.32 Å². The number of thiophene rings is 1. The van der Waals surface area contributed by atoms with Gasteiger partial charge in [-0.2, -0.15) is 0 Å². The van der Waals surface area contributed by atoms with Gasteiger partial charge < -0.3 is 11.1 Å². The fourth-order valence-electron chi connectivity index (χ4n) is 2.97. The Morgan fingerprint density at radius 3 is 2.70 bits per heavy atom. The first-order chi connectivity index (χ1) is 9.63. The predicted molar refractivity (Wildman–Crippen MR) is 85.2 cm³/mol. The largest absolute Gasteiger partial charge is 0.356 e. The van der Waals surface area contributed by atoms with Crippen molar-refractivity contribution in [2.75, 3.05) is 13.1 Å². The molecule has 0 spiro atoms. The number of amides is 1. The van der Waals surface area contributed by atoms with Crippen molar-refractivity contribution in [2.45, 2.75) is 44.9 Å². The molecule has 3 nitrogen and oxygen atoms in total. The van der Waals surface area contributed by atoms with Crippen LogP contribution in [0.5, 0.6) is 0 Å². The van der Waals surface area contributed by atoms with E-state index in [0.29, 0.717) is 19.5 Å². The van der Waals surface area contributed by atoms with Crippen LogP contribution in [0, 0.1) is 5.41 Å². The molecule has 3 N–H and O–H groups in total. The fourth-order valence-corrected chi connectivity index (χ4v) is 4.06. The minimum absolute atomic E-state index is 0.0502. The molecule has 5 heteroatoms. The van der Waals surface area contributed by atoms with Crippen molar-refractivity contribution >= 4 is 28.8 Å². The first-order valence-electron chi connectivity index (χ1n) is 7.35. The molecule has 1 saturated carbocycles. The molecule has 112 valence electrons. The van der Waals surface area contributed by atoms with E-state index in [-0.39, 0.29) is 11.3 Å². The maximum absolute atomic E-state index is 12.1. The molecule has 1 heterocycles. The minimum atomic E-state index is 0.0502. The highest BCUT2D eigenvalue weighted by atomic mass is 35.5. The Morgan fingerprint density at radius 2 is 2.10 bits per heavy atom. The van der Waals surface area contributed by atoms with Gasteiger partial charge in [0.1, 0.15) is 0 Å². The van der Waals surface area contributed by atoms with Gasteiger partial charge in [-0.15, -0.1) is 11.3 Å². The van der Waals surface area contributed by atoms with Gasteiger partial charge in [0.05, 0.1) is 4.34 Å². The van der Waals surface area contributed by atoms with Crippen molar-refractivity contribution in [3.05, 3.63) is 21.3 Å². The first-order valence-corrected chi connectivity index (χ1v) is 8.54.